The molecule has 54 heavy (non-hydrogen) atoms. The molecule has 0 bridgehead atoms. The monoisotopic (exact) mass is 739 g/mol. The van der Waals surface area contributed by atoms with Gasteiger partial charge in [0.1, 0.15) is 24.2 Å². The van der Waals surface area contributed by atoms with Crippen LogP contribution in [0.25, 0.3) is 10.8 Å². The minimum atomic E-state index is -1.14. The maximum atomic E-state index is 14.2. The molecule has 2 aliphatic rings. The molecule has 0 unspecified atom stereocenters. The van der Waals surface area contributed by atoms with E-state index < -0.39 is 60.2 Å². The molecule has 3 aromatic rings. The first-order valence-electron chi connectivity index (χ1n) is 18.1. The SMILES string of the molecule is NC(N)=NCCC[C@@H]1NC(=O)[C@H](CCCN=C(N)N)NC(=O)[C@@H]2[C@@H](c3ccccc3)CCN2C(=O)CNC(=O)[C@H](Cc2ccc3ccccc3c2)NC1=O. The second kappa shape index (κ2) is 18.5. The molecule has 5 rings (SSSR count). The lowest BCUT2D eigenvalue weighted by Gasteiger charge is -2.30. The number of rotatable bonds is 11. The number of carbonyl (C=O) groups is 5. The largest absolute Gasteiger partial charge is 0.370 e. The van der Waals surface area contributed by atoms with E-state index in [2.05, 4.69) is 31.3 Å². The summed E-state index contributed by atoms with van der Waals surface area (Å²) in [5.74, 6) is -3.49. The number of nitrogens with two attached hydrogens (primary N) is 4. The highest BCUT2D eigenvalue weighted by Gasteiger charge is 2.44. The molecule has 0 radical (unpaired) electrons. The van der Waals surface area contributed by atoms with Crippen LogP contribution in [0.3, 0.4) is 0 Å². The summed E-state index contributed by atoms with van der Waals surface area (Å²) in [5, 5.41) is 13.2. The van der Waals surface area contributed by atoms with Crippen LogP contribution in [-0.2, 0) is 30.4 Å². The van der Waals surface area contributed by atoms with Crippen LogP contribution in [0.15, 0.2) is 82.8 Å². The van der Waals surface area contributed by atoms with Crippen molar-refractivity contribution < 1.29 is 24.0 Å². The molecular formula is C38H49N11O5. The van der Waals surface area contributed by atoms with Gasteiger partial charge in [-0.05, 0) is 54.0 Å². The molecule has 12 N–H and O–H groups in total. The van der Waals surface area contributed by atoms with E-state index in [1.165, 1.54) is 4.90 Å². The Labute approximate surface area is 313 Å². The number of hydrogen-bond donors (Lipinski definition) is 8. The van der Waals surface area contributed by atoms with Crippen molar-refractivity contribution in [3.63, 3.8) is 0 Å². The Morgan fingerprint density at radius 2 is 1.24 bits per heavy atom. The molecule has 5 amide bonds. The molecule has 0 spiro atoms. The van der Waals surface area contributed by atoms with E-state index in [-0.39, 0.29) is 56.7 Å². The van der Waals surface area contributed by atoms with Gasteiger partial charge in [0, 0.05) is 32.0 Å². The zero-order valence-corrected chi connectivity index (χ0v) is 30.1. The van der Waals surface area contributed by atoms with Crippen LogP contribution in [0.2, 0.25) is 0 Å². The van der Waals surface area contributed by atoms with Crippen molar-refractivity contribution in [2.24, 2.45) is 32.9 Å². The smallest absolute Gasteiger partial charge is 0.244 e. The van der Waals surface area contributed by atoms with E-state index in [1.54, 1.807) is 0 Å². The first-order valence-corrected chi connectivity index (χ1v) is 18.1. The van der Waals surface area contributed by atoms with Crippen molar-refractivity contribution in [3.05, 3.63) is 83.9 Å². The van der Waals surface area contributed by atoms with E-state index in [9.17, 15) is 24.0 Å². The Morgan fingerprint density at radius 1 is 0.667 bits per heavy atom. The Hall–Kier alpha value is -6.19. The van der Waals surface area contributed by atoms with Gasteiger partial charge < -0.3 is 49.1 Å². The molecule has 2 fully saturated rings. The normalized spacial score (nSPS) is 22.5. The van der Waals surface area contributed by atoms with Gasteiger partial charge in [-0.1, -0.05) is 72.8 Å². The van der Waals surface area contributed by atoms with Crippen LogP contribution >= 0.6 is 0 Å². The van der Waals surface area contributed by atoms with Crippen LogP contribution < -0.4 is 44.2 Å². The number of amides is 5. The van der Waals surface area contributed by atoms with Crippen molar-refractivity contribution in [1.82, 2.24) is 26.2 Å². The van der Waals surface area contributed by atoms with Gasteiger partial charge in [0.25, 0.3) is 0 Å². The zero-order valence-electron chi connectivity index (χ0n) is 30.1. The Kier molecular flexibility index (Phi) is 13.4. The Bertz CT molecular complexity index is 1880. The number of nitrogens with zero attached hydrogens (tertiary/aromatic N) is 3. The molecular weight excluding hydrogens is 690 g/mol. The van der Waals surface area contributed by atoms with Crippen molar-refractivity contribution in [3.8, 4) is 0 Å². The Morgan fingerprint density at radius 3 is 1.87 bits per heavy atom. The predicted octanol–water partition coefficient (Wildman–Crippen LogP) is -0.542. The second-order valence-electron chi connectivity index (χ2n) is 13.5. The molecule has 0 aliphatic carbocycles. The summed E-state index contributed by atoms with van der Waals surface area (Å²) in [4.78, 5) is 79.5. The number of hydrogen-bond acceptors (Lipinski definition) is 7. The second-order valence-corrected chi connectivity index (χ2v) is 13.5. The first kappa shape index (κ1) is 39.0. The van der Waals surface area contributed by atoms with Crippen molar-refractivity contribution in [2.45, 2.75) is 68.6 Å². The van der Waals surface area contributed by atoms with E-state index in [0.717, 1.165) is 21.9 Å². The van der Waals surface area contributed by atoms with E-state index in [4.69, 9.17) is 22.9 Å². The minimum Gasteiger partial charge on any atom is -0.370 e. The van der Waals surface area contributed by atoms with Gasteiger partial charge in [0.2, 0.25) is 29.5 Å². The van der Waals surface area contributed by atoms with Gasteiger partial charge in [0.15, 0.2) is 11.9 Å². The topological polar surface area (TPSA) is 266 Å². The summed E-state index contributed by atoms with van der Waals surface area (Å²) >= 11 is 0. The molecule has 0 aromatic heterocycles. The highest BCUT2D eigenvalue weighted by Crippen LogP contribution is 2.34. The fourth-order valence-corrected chi connectivity index (χ4v) is 6.99. The lowest BCUT2D eigenvalue weighted by Crippen LogP contribution is -2.58. The van der Waals surface area contributed by atoms with Gasteiger partial charge in [-0.15, -0.1) is 0 Å². The number of nitrogens with one attached hydrogen (secondary N) is 4. The van der Waals surface area contributed by atoms with Crippen LogP contribution in [0.4, 0.5) is 0 Å². The highest BCUT2D eigenvalue weighted by atomic mass is 16.2. The summed E-state index contributed by atoms with van der Waals surface area (Å²) < 4.78 is 0. The lowest BCUT2D eigenvalue weighted by atomic mass is 9.91. The third-order valence-corrected chi connectivity index (χ3v) is 9.67. The van der Waals surface area contributed by atoms with Gasteiger partial charge in [0.05, 0.1) is 6.54 Å². The number of guanidine groups is 2. The summed E-state index contributed by atoms with van der Waals surface area (Å²) in [6, 6.07) is 18.5. The van der Waals surface area contributed by atoms with E-state index in [0.29, 0.717) is 19.3 Å². The molecule has 16 nitrogen and oxygen atoms in total. The average molecular weight is 740 g/mol. The Balaban J connectivity index is 1.49. The standard InChI is InChI=1S/C38H49N11O5/c39-37(40)43-17-6-12-28-35(53)48-30(21-23-14-15-24-8-4-5-11-26(24)20-23)33(51)45-22-31(50)49-19-16-27(25-9-2-1-3-10-25)32(49)36(54)47-29(34(52)46-28)13-7-18-44-38(41)42/h1-5,8-11,14-15,20,27-30,32H,6-7,12-13,16-19,21-22H2,(H,45,51)(H,46,52)(H,47,54)(H,48,53)(H4,39,40,43)(H4,41,42,44)/t27-,28+,29+,30+,32+/m1/s1. The van der Waals surface area contributed by atoms with Gasteiger partial charge >= 0.3 is 0 Å². The summed E-state index contributed by atoms with van der Waals surface area (Å²) in [5.41, 5.74) is 23.6. The first-order chi connectivity index (χ1) is 26.0. The van der Waals surface area contributed by atoms with Crippen molar-refractivity contribution >= 4 is 52.2 Å². The summed E-state index contributed by atoms with van der Waals surface area (Å²) in [6.07, 6.45) is 1.45. The fourth-order valence-electron chi connectivity index (χ4n) is 6.99. The fraction of sp³-hybridized carbons (Fsp3) is 0.395. The number of benzene rings is 3. The van der Waals surface area contributed by atoms with E-state index in [1.807, 2.05) is 72.8 Å². The minimum absolute atomic E-state index is 0.0984. The number of aliphatic imine (C=N–C) groups is 2. The molecule has 2 heterocycles. The van der Waals surface area contributed by atoms with Crippen LogP contribution in [0, 0.1) is 0 Å². The van der Waals surface area contributed by atoms with Crippen molar-refractivity contribution in [1.29, 1.82) is 0 Å². The van der Waals surface area contributed by atoms with Crippen LogP contribution in [0.1, 0.15) is 49.1 Å². The van der Waals surface area contributed by atoms with Crippen LogP contribution in [0.5, 0.6) is 0 Å². The van der Waals surface area contributed by atoms with E-state index >= 15 is 0 Å². The summed E-state index contributed by atoms with van der Waals surface area (Å²) in [6.45, 7) is 0.218. The lowest BCUT2D eigenvalue weighted by molar-refractivity contribution is -0.140. The third-order valence-electron chi connectivity index (χ3n) is 9.67. The van der Waals surface area contributed by atoms with Crippen LogP contribution in [-0.4, -0.2) is 96.7 Å². The molecule has 3 aromatic carbocycles. The van der Waals surface area contributed by atoms with Gasteiger partial charge in [-0.3, -0.25) is 34.0 Å². The molecule has 2 saturated heterocycles. The van der Waals surface area contributed by atoms with Gasteiger partial charge in [-0.2, -0.15) is 0 Å². The maximum Gasteiger partial charge on any atom is 0.244 e. The molecule has 286 valence electrons. The molecule has 16 heteroatoms. The number of fused-ring (bicyclic) bond motifs is 2. The quantitative estimate of drug-likeness (QED) is 0.0712. The number of carbonyl (C=O) groups excluding carboxylic acids is 5. The maximum absolute atomic E-state index is 14.2. The third kappa shape index (κ3) is 10.5. The zero-order chi connectivity index (χ0) is 38.6. The summed E-state index contributed by atoms with van der Waals surface area (Å²) in [7, 11) is 0. The average Bonchev–Trinajstić information content (AvgIpc) is 3.61. The predicted molar refractivity (Wildman–Crippen MR) is 206 cm³/mol. The highest BCUT2D eigenvalue weighted by molar-refractivity contribution is 5.98. The molecule has 0 saturated carbocycles. The van der Waals surface area contributed by atoms with Gasteiger partial charge in [-0.25, -0.2) is 0 Å². The molecule has 5 atom stereocenters. The van der Waals surface area contributed by atoms with Crippen molar-refractivity contribution in [2.75, 3.05) is 26.2 Å². The molecule has 2 aliphatic heterocycles.